The van der Waals surface area contributed by atoms with E-state index in [-0.39, 0.29) is 28.7 Å². The van der Waals surface area contributed by atoms with Crippen molar-refractivity contribution in [1.29, 1.82) is 0 Å². The van der Waals surface area contributed by atoms with Crippen LogP contribution in [0.1, 0.15) is 11.3 Å². The van der Waals surface area contributed by atoms with Crippen molar-refractivity contribution in [3.63, 3.8) is 0 Å². The summed E-state index contributed by atoms with van der Waals surface area (Å²) >= 11 is 12.3. The number of hydrogen-bond acceptors (Lipinski definition) is 2. The summed E-state index contributed by atoms with van der Waals surface area (Å²) in [4.78, 5) is 15.5. The van der Waals surface area contributed by atoms with E-state index < -0.39 is 11.8 Å². The molecule has 0 amide bonds. The molecule has 0 atom stereocenters. The fourth-order valence-corrected chi connectivity index (χ4v) is 3.06. The van der Waals surface area contributed by atoms with Crippen molar-refractivity contribution < 1.29 is 14.3 Å². The van der Waals surface area contributed by atoms with Gasteiger partial charge in [-0.05, 0) is 12.1 Å². The predicted octanol–water partition coefficient (Wildman–Crippen LogP) is 4.67. The molecule has 128 valence electrons. The van der Waals surface area contributed by atoms with Crippen molar-refractivity contribution in [1.82, 2.24) is 9.55 Å². The lowest BCUT2D eigenvalue weighted by Gasteiger charge is -2.13. The van der Waals surface area contributed by atoms with Gasteiger partial charge in [-0.15, -0.1) is 0 Å². The Morgan fingerprint density at radius 2 is 1.84 bits per heavy atom. The standard InChI is InChI=1S/C18H13Cl2FN2O2/c19-13-7-4-8-14(21)12(13)10-23-15(9-16(24)25)17(20)22-18(23)11-5-2-1-3-6-11/h1-8H,9-10H2,(H,24,25). The van der Waals surface area contributed by atoms with Crippen LogP contribution in [0.15, 0.2) is 48.5 Å². The Morgan fingerprint density at radius 1 is 1.12 bits per heavy atom. The summed E-state index contributed by atoms with van der Waals surface area (Å²) in [6, 6.07) is 13.6. The second-order valence-corrected chi connectivity index (χ2v) is 6.16. The molecule has 0 saturated carbocycles. The van der Waals surface area contributed by atoms with Crippen molar-refractivity contribution in [2.75, 3.05) is 0 Å². The molecule has 4 nitrogen and oxygen atoms in total. The SMILES string of the molecule is O=C(O)Cc1c(Cl)nc(-c2ccccc2)n1Cc1c(F)cccc1Cl. The summed E-state index contributed by atoms with van der Waals surface area (Å²) in [5.41, 5.74) is 1.29. The van der Waals surface area contributed by atoms with E-state index in [0.29, 0.717) is 11.5 Å². The molecule has 0 radical (unpaired) electrons. The number of aromatic nitrogens is 2. The van der Waals surface area contributed by atoms with Crippen molar-refractivity contribution in [2.24, 2.45) is 0 Å². The van der Waals surface area contributed by atoms with Crippen molar-refractivity contribution in [2.45, 2.75) is 13.0 Å². The van der Waals surface area contributed by atoms with E-state index in [1.165, 1.54) is 12.1 Å². The van der Waals surface area contributed by atoms with Crippen molar-refractivity contribution in [3.8, 4) is 11.4 Å². The lowest BCUT2D eigenvalue weighted by molar-refractivity contribution is -0.136. The molecular weight excluding hydrogens is 366 g/mol. The summed E-state index contributed by atoms with van der Waals surface area (Å²) in [6.07, 6.45) is -0.329. The van der Waals surface area contributed by atoms with Crippen LogP contribution in [0.5, 0.6) is 0 Å². The van der Waals surface area contributed by atoms with Crippen LogP contribution in [0.3, 0.4) is 0 Å². The molecule has 3 aromatic rings. The van der Waals surface area contributed by atoms with E-state index in [9.17, 15) is 14.3 Å². The summed E-state index contributed by atoms with van der Waals surface area (Å²) in [6.45, 7) is 0.0259. The molecule has 0 unspecified atom stereocenters. The minimum Gasteiger partial charge on any atom is -0.481 e. The Kier molecular flexibility index (Phi) is 5.06. The van der Waals surface area contributed by atoms with Crippen LogP contribution < -0.4 is 0 Å². The number of benzene rings is 2. The maximum absolute atomic E-state index is 14.2. The Balaban J connectivity index is 2.16. The Labute approximate surface area is 153 Å². The van der Waals surface area contributed by atoms with Gasteiger partial charge in [-0.3, -0.25) is 4.79 Å². The third-order valence-electron chi connectivity index (χ3n) is 3.75. The van der Waals surface area contributed by atoms with Gasteiger partial charge < -0.3 is 9.67 Å². The van der Waals surface area contributed by atoms with Crippen LogP contribution in [0, 0.1) is 5.82 Å². The van der Waals surface area contributed by atoms with Crippen molar-refractivity contribution in [3.05, 3.63) is 75.8 Å². The van der Waals surface area contributed by atoms with E-state index in [1.807, 2.05) is 30.3 Å². The second kappa shape index (κ2) is 7.25. The van der Waals surface area contributed by atoms with Gasteiger partial charge in [0.1, 0.15) is 11.6 Å². The minimum absolute atomic E-state index is 0.0259. The van der Waals surface area contributed by atoms with Gasteiger partial charge in [0, 0.05) is 16.1 Å². The first kappa shape index (κ1) is 17.5. The molecule has 0 bridgehead atoms. The summed E-state index contributed by atoms with van der Waals surface area (Å²) in [7, 11) is 0. The molecule has 0 saturated heterocycles. The van der Waals surface area contributed by atoms with Gasteiger partial charge in [0.2, 0.25) is 0 Å². The summed E-state index contributed by atoms with van der Waals surface area (Å²) in [5.74, 6) is -1.07. The quantitative estimate of drug-likeness (QED) is 0.701. The number of halogens is 3. The van der Waals surface area contributed by atoms with Crippen molar-refractivity contribution >= 4 is 29.2 Å². The zero-order valence-electron chi connectivity index (χ0n) is 12.9. The highest BCUT2D eigenvalue weighted by molar-refractivity contribution is 6.31. The van der Waals surface area contributed by atoms with Gasteiger partial charge in [0.15, 0.2) is 5.15 Å². The maximum Gasteiger partial charge on any atom is 0.309 e. The van der Waals surface area contributed by atoms with Gasteiger partial charge in [0.25, 0.3) is 0 Å². The maximum atomic E-state index is 14.2. The lowest BCUT2D eigenvalue weighted by Crippen LogP contribution is -2.12. The smallest absolute Gasteiger partial charge is 0.309 e. The van der Waals surface area contributed by atoms with E-state index in [2.05, 4.69) is 4.98 Å². The molecule has 1 N–H and O–H groups in total. The molecule has 1 aromatic heterocycles. The first-order valence-electron chi connectivity index (χ1n) is 7.42. The molecule has 0 aliphatic rings. The Morgan fingerprint density at radius 3 is 2.48 bits per heavy atom. The highest BCUT2D eigenvalue weighted by Gasteiger charge is 2.21. The molecule has 7 heteroatoms. The number of hydrogen-bond donors (Lipinski definition) is 1. The van der Waals surface area contributed by atoms with Gasteiger partial charge in [0.05, 0.1) is 18.7 Å². The molecule has 1 heterocycles. The molecule has 0 fully saturated rings. The number of carboxylic acids is 1. The van der Waals surface area contributed by atoms with Gasteiger partial charge >= 0.3 is 5.97 Å². The molecule has 0 aliphatic heterocycles. The molecule has 25 heavy (non-hydrogen) atoms. The average Bonchev–Trinajstić information content (AvgIpc) is 2.88. The molecule has 3 rings (SSSR count). The van der Waals surface area contributed by atoms with E-state index >= 15 is 0 Å². The fourth-order valence-electron chi connectivity index (χ4n) is 2.59. The van der Waals surface area contributed by atoms with Gasteiger partial charge in [-0.1, -0.05) is 59.6 Å². The number of carboxylic acid groups (broad SMARTS) is 1. The highest BCUT2D eigenvalue weighted by Crippen LogP contribution is 2.29. The third kappa shape index (κ3) is 3.67. The number of carbonyl (C=O) groups is 1. The molecule has 0 spiro atoms. The Bertz CT molecular complexity index is 906. The second-order valence-electron chi connectivity index (χ2n) is 5.40. The zero-order chi connectivity index (χ0) is 18.0. The fraction of sp³-hybridized carbons (Fsp3) is 0.111. The van der Waals surface area contributed by atoms with Crippen LogP contribution in [0.25, 0.3) is 11.4 Å². The lowest BCUT2D eigenvalue weighted by atomic mass is 10.1. The number of aliphatic carboxylic acids is 1. The number of rotatable bonds is 5. The summed E-state index contributed by atoms with van der Waals surface area (Å²) in [5, 5.41) is 9.50. The van der Waals surface area contributed by atoms with Gasteiger partial charge in [-0.25, -0.2) is 9.37 Å². The van der Waals surface area contributed by atoms with Crippen LogP contribution >= 0.6 is 23.2 Å². The predicted molar refractivity (Wildman–Crippen MR) is 94.5 cm³/mol. The van der Waals surface area contributed by atoms with Crippen LogP contribution in [0.4, 0.5) is 4.39 Å². The molecule has 2 aromatic carbocycles. The van der Waals surface area contributed by atoms with Crippen LogP contribution in [-0.2, 0) is 17.8 Å². The zero-order valence-corrected chi connectivity index (χ0v) is 14.4. The number of imidazole rings is 1. The molecular formula is C18H13Cl2FN2O2. The summed E-state index contributed by atoms with van der Waals surface area (Å²) < 4.78 is 15.8. The monoisotopic (exact) mass is 378 g/mol. The van der Waals surface area contributed by atoms with Gasteiger partial charge in [-0.2, -0.15) is 0 Å². The third-order valence-corrected chi connectivity index (χ3v) is 4.41. The van der Waals surface area contributed by atoms with E-state index in [1.54, 1.807) is 10.6 Å². The van der Waals surface area contributed by atoms with E-state index in [4.69, 9.17) is 23.2 Å². The first-order chi connectivity index (χ1) is 12.0. The topological polar surface area (TPSA) is 55.1 Å². The normalized spacial score (nSPS) is 10.8. The first-order valence-corrected chi connectivity index (χ1v) is 8.18. The van der Waals surface area contributed by atoms with E-state index in [0.717, 1.165) is 5.56 Å². The average molecular weight is 379 g/mol. The Hall–Kier alpha value is -2.37. The van der Waals surface area contributed by atoms with Crippen LogP contribution in [0.2, 0.25) is 10.2 Å². The highest BCUT2D eigenvalue weighted by atomic mass is 35.5. The van der Waals surface area contributed by atoms with Crippen LogP contribution in [-0.4, -0.2) is 20.6 Å². The minimum atomic E-state index is -1.05. The molecule has 0 aliphatic carbocycles. The number of nitrogens with zero attached hydrogens (tertiary/aromatic N) is 2. The largest absolute Gasteiger partial charge is 0.481 e.